The Kier molecular flexibility index (Phi) is 8.28. The zero-order valence-corrected chi connectivity index (χ0v) is 19.8. The summed E-state index contributed by atoms with van der Waals surface area (Å²) in [7, 11) is 0. The molecular formula is C28H29F2N3O3. The highest BCUT2D eigenvalue weighted by Gasteiger charge is 2.32. The van der Waals surface area contributed by atoms with Crippen molar-refractivity contribution < 1.29 is 23.1 Å². The molecule has 0 spiro atoms. The molecule has 0 heterocycles. The molecule has 4 rings (SSSR count). The first-order valence-electron chi connectivity index (χ1n) is 12.0. The quantitative estimate of drug-likeness (QED) is 0.468. The second-order valence-electron chi connectivity index (χ2n) is 8.96. The monoisotopic (exact) mass is 493 g/mol. The summed E-state index contributed by atoms with van der Waals surface area (Å²) >= 11 is 0. The molecule has 0 radical (unpaired) electrons. The number of hydrogen-bond donors (Lipinski definition) is 2. The molecule has 1 aliphatic carbocycles. The van der Waals surface area contributed by atoms with Gasteiger partial charge in [-0.05, 0) is 54.8 Å². The predicted octanol–water partition coefficient (Wildman–Crippen LogP) is 4.89. The van der Waals surface area contributed by atoms with Gasteiger partial charge in [-0.25, -0.2) is 8.78 Å². The molecule has 0 aliphatic heterocycles. The Labute approximate surface area is 209 Å². The van der Waals surface area contributed by atoms with Crippen molar-refractivity contribution in [2.45, 2.75) is 44.3 Å². The number of halogens is 2. The molecule has 2 amide bonds. The molecule has 3 N–H and O–H groups in total. The Hall–Kier alpha value is -3.78. The van der Waals surface area contributed by atoms with E-state index in [0.29, 0.717) is 17.9 Å². The van der Waals surface area contributed by atoms with Crippen molar-refractivity contribution in [2.75, 3.05) is 11.9 Å². The van der Waals surface area contributed by atoms with Gasteiger partial charge < -0.3 is 20.7 Å². The molecule has 8 heteroatoms. The van der Waals surface area contributed by atoms with Crippen LogP contribution in [0, 0.1) is 11.6 Å². The average molecular weight is 494 g/mol. The summed E-state index contributed by atoms with van der Waals surface area (Å²) in [5.74, 6) is -1.84. The number of ether oxygens (including phenoxy) is 1. The second kappa shape index (κ2) is 11.8. The number of hydrogen-bond acceptors (Lipinski definition) is 4. The molecule has 1 aliphatic rings. The topological polar surface area (TPSA) is 84.7 Å². The van der Waals surface area contributed by atoms with Crippen LogP contribution in [0.3, 0.4) is 0 Å². The fraction of sp³-hybridized carbons (Fsp3) is 0.286. The summed E-state index contributed by atoms with van der Waals surface area (Å²) in [4.78, 5) is 27.4. The van der Waals surface area contributed by atoms with Crippen LogP contribution < -0.4 is 15.8 Å². The number of amides is 2. The van der Waals surface area contributed by atoms with Crippen molar-refractivity contribution in [2.24, 2.45) is 5.73 Å². The first-order chi connectivity index (χ1) is 17.4. The first-order valence-corrected chi connectivity index (χ1v) is 12.0. The summed E-state index contributed by atoms with van der Waals surface area (Å²) in [5, 5.41) is 2.80. The van der Waals surface area contributed by atoms with Crippen LogP contribution in [0.5, 0.6) is 5.75 Å². The lowest BCUT2D eigenvalue weighted by Crippen LogP contribution is -2.51. The van der Waals surface area contributed by atoms with E-state index in [9.17, 15) is 18.4 Å². The van der Waals surface area contributed by atoms with Crippen LogP contribution in [0.2, 0.25) is 0 Å². The normalized spacial score (nSPS) is 17.3. The number of nitrogens with one attached hydrogen (secondary N) is 1. The number of rotatable bonds is 8. The van der Waals surface area contributed by atoms with Gasteiger partial charge in [0.1, 0.15) is 17.4 Å². The molecule has 2 unspecified atom stereocenters. The third-order valence-electron chi connectivity index (χ3n) is 6.23. The Balaban J connectivity index is 1.50. The maximum absolute atomic E-state index is 13.9. The summed E-state index contributed by atoms with van der Waals surface area (Å²) in [6.45, 7) is 0.0282. The average Bonchev–Trinajstić information content (AvgIpc) is 2.86. The maximum Gasteiger partial charge on any atom is 0.262 e. The smallest absolute Gasteiger partial charge is 0.262 e. The van der Waals surface area contributed by atoms with Gasteiger partial charge in [0.25, 0.3) is 11.8 Å². The highest BCUT2D eigenvalue weighted by Crippen LogP contribution is 2.26. The Bertz CT molecular complexity index is 1190. The number of nitrogens with two attached hydrogens (primary N) is 1. The predicted molar refractivity (Wildman–Crippen MR) is 133 cm³/mol. The minimum absolute atomic E-state index is 0.0622. The van der Waals surface area contributed by atoms with Crippen LogP contribution in [0.15, 0.2) is 72.8 Å². The molecule has 36 heavy (non-hydrogen) atoms. The maximum atomic E-state index is 13.9. The lowest BCUT2D eigenvalue weighted by molar-refractivity contribution is -0.118. The first kappa shape index (κ1) is 25.3. The Morgan fingerprint density at radius 3 is 2.39 bits per heavy atom. The van der Waals surface area contributed by atoms with Crippen LogP contribution in [0.4, 0.5) is 14.5 Å². The van der Waals surface area contributed by atoms with E-state index < -0.39 is 17.5 Å². The highest BCUT2D eigenvalue weighted by atomic mass is 19.1. The Morgan fingerprint density at radius 2 is 1.67 bits per heavy atom. The summed E-state index contributed by atoms with van der Waals surface area (Å²) in [6, 6.07) is 18.4. The lowest BCUT2D eigenvalue weighted by Gasteiger charge is -2.38. The fourth-order valence-electron chi connectivity index (χ4n) is 4.52. The Morgan fingerprint density at radius 1 is 0.944 bits per heavy atom. The molecule has 1 fully saturated rings. The van der Waals surface area contributed by atoms with Crippen LogP contribution in [0.1, 0.15) is 41.6 Å². The molecule has 188 valence electrons. The third kappa shape index (κ3) is 6.66. The molecule has 2 atom stereocenters. The van der Waals surface area contributed by atoms with Crippen LogP contribution >= 0.6 is 0 Å². The van der Waals surface area contributed by atoms with Gasteiger partial charge in [-0.15, -0.1) is 0 Å². The zero-order chi connectivity index (χ0) is 25.5. The molecule has 1 saturated carbocycles. The van der Waals surface area contributed by atoms with E-state index in [2.05, 4.69) is 5.32 Å². The molecule has 0 aromatic heterocycles. The van der Waals surface area contributed by atoms with Gasteiger partial charge in [0.15, 0.2) is 6.61 Å². The van der Waals surface area contributed by atoms with Crippen LogP contribution in [-0.4, -0.2) is 35.4 Å². The number of para-hydroxylation sites is 1. The van der Waals surface area contributed by atoms with Crippen molar-refractivity contribution in [3.8, 4) is 5.75 Å². The molecule has 0 bridgehead atoms. The number of nitrogens with zero attached hydrogens (tertiary/aromatic N) is 1. The standard InChI is InChI=1S/C28H29F2N3O3/c29-21-14-20(15-22(30)16-21)28(35)33(26-12-5-4-11-25(26)31)17-19-7-6-8-23(13-19)32-27(34)18-36-24-9-2-1-3-10-24/h1-3,6-10,13-16,25-26H,4-5,11-12,17-18,31H2,(H,32,34). The minimum Gasteiger partial charge on any atom is -0.484 e. The van der Waals surface area contributed by atoms with E-state index >= 15 is 0 Å². The fourth-order valence-corrected chi connectivity index (χ4v) is 4.52. The van der Waals surface area contributed by atoms with E-state index in [-0.39, 0.29) is 36.7 Å². The van der Waals surface area contributed by atoms with Crippen molar-refractivity contribution in [3.05, 3.63) is 95.6 Å². The van der Waals surface area contributed by atoms with Crippen LogP contribution in [-0.2, 0) is 11.3 Å². The van der Waals surface area contributed by atoms with Gasteiger partial charge >= 0.3 is 0 Å². The molecular weight excluding hydrogens is 464 g/mol. The van der Waals surface area contributed by atoms with Crippen molar-refractivity contribution >= 4 is 17.5 Å². The number of carbonyl (C=O) groups excluding carboxylic acids is 2. The summed E-state index contributed by atoms with van der Waals surface area (Å²) in [5.41, 5.74) is 7.61. The van der Waals surface area contributed by atoms with Crippen molar-refractivity contribution in [1.29, 1.82) is 0 Å². The summed E-state index contributed by atoms with van der Waals surface area (Å²) in [6.07, 6.45) is 3.36. The molecule has 3 aromatic rings. The van der Waals surface area contributed by atoms with E-state index in [1.54, 1.807) is 35.2 Å². The van der Waals surface area contributed by atoms with E-state index in [1.165, 1.54) is 0 Å². The van der Waals surface area contributed by atoms with Gasteiger partial charge in [0.05, 0.1) is 0 Å². The second-order valence-corrected chi connectivity index (χ2v) is 8.96. The van der Waals surface area contributed by atoms with Crippen LogP contribution in [0.25, 0.3) is 0 Å². The van der Waals surface area contributed by atoms with E-state index in [1.807, 2.05) is 24.3 Å². The van der Waals surface area contributed by atoms with Gasteiger partial charge in [-0.3, -0.25) is 9.59 Å². The van der Waals surface area contributed by atoms with Crippen molar-refractivity contribution in [3.63, 3.8) is 0 Å². The van der Waals surface area contributed by atoms with Gasteiger partial charge in [-0.2, -0.15) is 0 Å². The molecule has 6 nitrogen and oxygen atoms in total. The largest absolute Gasteiger partial charge is 0.484 e. The SMILES string of the molecule is NC1CCCCC1N(Cc1cccc(NC(=O)COc2ccccc2)c1)C(=O)c1cc(F)cc(F)c1. The molecule has 3 aromatic carbocycles. The van der Waals surface area contributed by atoms with Gasteiger partial charge in [0.2, 0.25) is 0 Å². The van der Waals surface area contributed by atoms with Crippen molar-refractivity contribution in [1.82, 2.24) is 4.90 Å². The zero-order valence-electron chi connectivity index (χ0n) is 19.8. The lowest BCUT2D eigenvalue weighted by atomic mass is 9.89. The minimum atomic E-state index is -0.811. The molecule has 0 saturated heterocycles. The van der Waals surface area contributed by atoms with Gasteiger partial charge in [0, 0.05) is 35.9 Å². The summed E-state index contributed by atoms with van der Waals surface area (Å²) < 4.78 is 33.2. The van der Waals surface area contributed by atoms with E-state index in [4.69, 9.17) is 10.5 Å². The van der Waals surface area contributed by atoms with E-state index in [0.717, 1.165) is 43.0 Å². The number of anilines is 1. The highest BCUT2D eigenvalue weighted by molar-refractivity contribution is 5.94. The number of benzene rings is 3. The third-order valence-corrected chi connectivity index (χ3v) is 6.23. The number of carbonyl (C=O) groups is 2. The van der Waals surface area contributed by atoms with Gasteiger partial charge in [-0.1, -0.05) is 43.2 Å².